The van der Waals surface area contributed by atoms with Crippen LogP contribution in [-0.4, -0.2) is 36.5 Å². The van der Waals surface area contributed by atoms with Crippen molar-refractivity contribution in [3.05, 3.63) is 0 Å². The molecule has 0 atom stereocenters. The Kier molecular flexibility index (Phi) is 4.14. The highest BCUT2D eigenvalue weighted by Gasteiger charge is 2.30. The number of amides is 1. The Morgan fingerprint density at radius 2 is 1.93 bits per heavy atom. The first-order valence-electron chi connectivity index (χ1n) is 5.91. The number of carbonyl (C=O) groups excluding carboxylic acids is 1. The Morgan fingerprint density at radius 1 is 1.40 bits per heavy atom. The number of rotatable bonds is 3. The zero-order valence-electron chi connectivity index (χ0n) is 10.5. The number of carbonyl (C=O) groups is 1. The summed E-state index contributed by atoms with van der Waals surface area (Å²) < 4.78 is 0. The molecule has 1 fully saturated rings. The van der Waals surface area contributed by atoms with Crippen LogP contribution >= 0.6 is 0 Å². The van der Waals surface area contributed by atoms with Crippen molar-refractivity contribution in [3.8, 4) is 0 Å². The standard InChI is InChI=1S/C12H24N2O/c1-10(2)9-11(15)13-12(3)5-7-14(4)8-6-12/h10H,5-9H2,1-4H3,(H,13,15). The van der Waals surface area contributed by atoms with Crippen molar-refractivity contribution in [2.24, 2.45) is 5.92 Å². The fourth-order valence-corrected chi connectivity index (χ4v) is 2.00. The predicted octanol–water partition coefficient (Wildman–Crippen LogP) is 1.63. The van der Waals surface area contributed by atoms with Gasteiger partial charge in [0.1, 0.15) is 0 Å². The number of nitrogens with zero attached hydrogens (tertiary/aromatic N) is 1. The Morgan fingerprint density at radius 3 is 2.40 bits per heavy atom. The van der Waals surface area contributed by atoms with Gasteiger partial charge >= 0.3 is 0 Å². The van der Waals surface area contributed by atoms with Crippen molar-refractivity contribution in [2.45, 2.75) is 45.6 Å². The van der Waals surface area contributed by atoms with Gasteiger partial charge in [0.25, 0.3) is 0 Å². The minimum Gasteiger partial charge on any atom is -0.351 e. The van der Waals surface area contributed by atoms with E-state index in [0.717, 1.165) is 25.9 Å². The topological polar surface area (TPSA) is 32.3 Å². The van der Waals surface area contributed by atoms with Gasteiger partial charge in [-0.15, -0.1) is 0 Å². The maximum Gasteiger partial charge on any atom is 0.220 e. The van der Waals surface area contributed by atoms with Crippen molar-refractivity contribution in [3.63, 3.8) is 0 Å². The molecular formula is C12H24N2O. The number of hydrogen-bond acceptors (Lipinski definition) is 2. The second-order valence-corrected chi connectivity index (χ2v) is 5.51. The normalized spacial score (nSPS) is 21.7. The van der Waals surface area contributed by atoms with E-state index in [2.05, 4.69) is 38.0 Å². The van der Waals surface area contributed by atoms with E-state index < -0.39 is 0 Å². The molecule has 1 heterocycles. The minimum atomic E-state index is 0.0263. The molecular weight excluding hydrogens is 188 g/mol. The molecule has 88 valence electrons. The van der Waals surface area contributed by atoms with Crippen molar-refractivity contribution in [1.29, 1.82) is 0 Å². The second kappa shape index (κ2) is 4.97. The lowest BCUT2D eigenvalue weighted by Crippen LogP contribution is -2.52. The smallest absolute Gasteiger partial charge is 0.220 e. The fraction of sp³-hybridized carbons (Fsp3) is 0.917. The molecule has 1 aliphatic heterocycles. The summed E-state index contributed by atoms with van der Waals surface area (Å²) in [5.74, 6) is 0.650. The molecule has 3 nitrogen and oxygen atoms in total. The predicted molar refractivity (Wildman–Crippen MR) is 62.7 cm³/mol. The summed E-state index contributed by atoms with van der Waals surface area (Å²) >= 11 is 0. The van der Waals surface area contributed by atoms with E-state index in [-0.39, 0.29) is 11.4 Å². The van der Waals surface area contributed by atoms with Gasteiger partial charge in [-0.25, -0.2) is 0 Å². The van der Waals surface area contributed by atoms with E-state index in [1.807, 2.05) is 0 Å². The third kappa shape index (κ3) is 4.20. The molecule has 1 aliphatic rings. The molecule has 0 bridgehead atoms. The second-order valence-electron chi connectivity index (χ2n) is 5.51. The molecule has 0 aromatic carbocycles. The van der Waals surface area contributed by atoms with Gasteiger partial charge in [-0.2, -0.15) is 0 Å². The van der Waals surface area contributed by atoms with Crippen LogP contribution in [0.1, 0.15) is 40.0 Å². The zero-order valence-corrected chi connectivity index (χ0v) is 10.5. The molecule has 0 aromatic heterocycles. The summed E-state index contributed by atoms with van der Waals surface area (Å²) in [5, 5.41) is 3.18. The van der Waals surface area contributed by atoms with E-state index >= 15 is 0 Å². The van der Waals surface area contributed by atoms with E-state index in [9.17, 15) is 4.79 Å². The Hall–Kier alpha value is -0.570. The van der Waals surface area contributed by atoms with Crippen LogP contribution in [0.25, 0.3) is 0 Å². The van der Waals surface area contributed by atoms with E-state index in [1.165, 1.54) is 0 Å². The van der Waals surface area contributed by atoms with Gasteiger partial charge in [-0.1, -0.05) is 13.8 Å². The van der Waals surface area contributed by atoms with E-state index in [1.54, 1.807) is 0 Å². The van der Waals surface area contributed by atoms with E-state index in [0.29, 0.717) is 12.3 Å². The molecule has 1 amide bonds. The summed E-state index contributed by atoms with van der Waals surface area (Å²) in [4.78, 5) is 14.0. The summed E-state index contributed by atoms with van der Waals surface area (Å²) in [6.07, 6.45) is 2.77. The largest absolute Gasteiger partial charge is 0.351 e. The summed E-state index contributed by atoms with van der Waals surface area (Å²) in [6.45, 7) is 8.49. The summed E-state index contributed by atoms with van der Waals surface area (Å²) in [5.41, 5.74) is 0.0263. The SMILES string of the molecule is CC(C)CC(=O)NC1(C)CCN(C)CC1. The highest BCUT2D eigenvalue weighted by molar-refractivity contribution is 5.76. The molecule has 0 unspecified atom stereocenters. The molecule has 0 aliphatic carbocycles. The molecule has 1 N–H and O–H groups in total. The molecule has 0 radical (unpaired) electrons. The number of piperidine rings is 1. The van der Waals surface area contributed by atoms with Crippen LogP contribution in [0.2, 0.25) is 0 Å². The first kappa shape index (κ1) is 12.5. The van der Waals surface area contributed by atoms with Crippen LogP contribution in [0, 0.1) is 5.92 Å². The van der Waals surface area contributed by atoms with Crippen LogP contribution in [0.5, 0.6) is 0 Å². The van der Waals surface area contributed by atoms with Gasteiger partial charge in [0.15, 0.2) is 0 Å². The minimum absolute atomic E-state index is 0.0263. The van der Waals surface area contributed by atoms with Crippen molar-refractivity contribution < 1.29 is 4.79 Å². The third-order valence-electron chi connectivity index (χ3n) is 3.13. The fourth-order valence-electron chi connectivity index (χ4n) is 2.00. The maximum absolute atomic E-state index is 11.7. The third-order valence-corrected chi connectivity index (χ3v) is 3.13. The van der Waals surface area contributed by atoms with Gasteiger partial charge < -0.3 is 10.2 Å². The van der Waals surface area contributed by atoms with Crippen LogP contribution in [0.4, 0.5) is 0 Å². The van der Waals surface area contributed by atoms with Crippen LogP contribution in [-0.2, 0) is 4.79 Å². The highest BCUT2D eigenvalue weighted by atomic mass is 16.1. The average Bonchev–Trinajstić information content (AvgIpc) is 2.09. The van der Waals surface area contributed by atoms with Gasteiger partial charge in [0, 0.05) is 25.0 Å². The van der Waals surface area contributed by atoms with Gasteiger partial charge in [0.2, 0.25) is 5.91 Å². The Bertz CT molecular complexity index is 218. The Labute approximate surface area is 93.2 Å². The highest BCUT2D eigenvalue weighted by Crippen LogP contribution is 2.21. The number of nitrogens with one attached hydrogen (secondary N) is 1. The molecule has 1 rings (SSSR count). The number of likely N-dealkylation sites (tertiary alicyclic amines) is 1. The summed E-state index contributed by atoms with van der Waals surface area (Å²) in [7, 11) is 2.13. The molecule has 3 heteroatoms. The molecule has 1 saturated heterocycles. The van der Waals surface area contributed by atoms with Crippen molar-refractivity contribution >= 4 is 5.91 Å². The molecule has 15 heavy (non-hydrogen) atoms. The van der Waals surface area contributed by atoms with Crippen molar-refractivity contribution in [2.75, 3.05) is 20.1 Å². The van der Waals surface area contributed by atoms with E-state index in [4.69, 9.17) is 0 Å². The summed E-state index contributed by atoms with van der Waals surface area (Å²) in [6, 6.07) is 0. The first-order chi connectivity index (χ1) is 6.91. The quantitative estimate of drug-likeness (QED) is 0.771. The monoisotopic (exact) mass is 212 g/mol. The zero-order chi connectivity index (χ0) is 11.5. The maximum atomic E-state index is 11.7. The number of hydrogen-bond donors (Lipinski definition) is 1. The van der Waals surface area contributed by atoms with Crippen molar-refractivity contribution in [1.82, 2.24) is 10.2 Å². The van der Waals surface area contributed by atoms with Crippen LogP contribution in [0.15, 0.2) is 0 Å². The van der Waals surface area contributed by atoms with Crippen LogP contribution in [0.3, 0.4) is 0 Å². The first-order valence-corrected chi connectivity index (χ1v) is 5.91. The van der Waals surface area contributed by atoms with Gasteiger partial charge in [0.05, 0.1) is 0 Å². The molecule has 0 aromatic rings. The lowest BCUT2D eigenvalue weighted by Gasteiger charge is -2.38. The average molecular weight is 212 g/mol. The van der Waals surface area contributed by atoms with Gasteiger partial charge in [-0.3, -0.25) is 4.79 Å². The lowest BCUT2D eigenvalue weighted by molar-refractivity contribution is -0.124. The Balaban J connectivity index is 2.39. The van der Waals surface area contributed by atoms with Gasteiger partial charge in [-0.05, 0) is 32.7 Å². The molecule has 0 spiro atoms. The molecule has 0 saturated carbocycles. The lowest BCUT2D eigenvalue weighted by atomic mass is 9.89. The van der Waals surface area contributed by atoms with Crippen LogP contribution < -0.4 is 5.32 Å².